The van der Waals surface area contributed by atoms with E-state index in [1.165, 1.54) is 5.56 Å². The van der Waals surface area contributed by atoms with Gasteiger partial charge in [0.25, 0.3) is 0 Å². The van der Waals surface area contributed by atoms with Crippen molar-refractivity contribution in [3.8, 4) is 5.75 Å². The molecule has 4 heteroatoms. The van der Waals surface area contributed by atoms with E-state index in [9.17, 15) is 0 Å². The minimum Gasteiger partial charge on any atom is -0.467 e. The molecule has 15 heavy (non-hydrogen) atoms. The average molecular weight is 322 g/mol. The van der Waals surface area contributed by atoms with Crippen molar-refractivity contribution >= 4 is 22.6 Å². The predicted molar refractivity (Wildman–Crippen MR) is 67.5 cm³/mol. The molecule has 3 nitrogen and oxygen atoms in total. The lowest BCUT2D eigenvalue weighted by Crippen LogP contribution is -2.08. The summed E-state index contributed by atoms with van der Waals surface area (Å²) in [5.41, 5.74) is 1.19. The molecule has 0 aliphatic heterocycles. The second-order valence-electron chi connectivity index (χ2n) is 2.90. The molecule has 0 aliphatic carbocycles. The highest BCUT2D eigenvalue weighted by molar-refractivity contribution is 14.1. The van der Waals surface area contributed by atoms with Gasteiger partial charge in [-0.1, -0.05) is 40.8 Å². The lowest BCUT2D eigenvalue weighted by molar-refractivity contribution is -0.00876. The van der Waals surface area contributed by atoms with Crippen LogP contribution in [0.25, 0.3) is 0 Å². The number of halogens is 1. The van der Waals surface area contributed by atoms with E-state index in [0.29, 0.717) is 13.2 Å². The van der Waals surface area contributed by atoms with Crippen LogP contribution in [0.5, 0.6) is 5.75 Å². The van der Waals surface area contributed by atoms with Gasteiger partial charge in [-0.3, -0.25) is 0 Å². The SMILES string of the molecule is COCCOCOc1ccccc1CI. The Balaban J connectivity index is 2.30. The van der Waals surface area contributed by atoms with Gasteiger partial charge in [0.1, 0.15) is 5.75 Å². The molecular formula is C11H15IO3. The molecule has 0 radical (unpaired) electrons. The Morgan fingerprint density at radius 2 is 2.00 bits per heavy atom. The summed E-state index contributed by atoms with van der Waals surface area (Å²) >= 11 is 2.31. The quantitative estimate of drug-likeness (QED) is 0.334. The molecule has 0 fully saturated rings. The van der Waals surface area contributed by atoms with Gasteiger partial charge in [0.05, 0.1) is 13.2 Å². The summed E-state index contributed by atoms with van der Waals surface area (Å²) in [6, 6.07) is 7.97. The molecule has 0 unspecified atom stereocenters. The molecule has 1 rings (SSSR count). The van der Waals surface area contributed by atoms with Crippen molar-refractivity contribution in [2.24, 2.45) is 0 Å². The highest BCUT2D eigenvalue weighted by Crippen LogP contribution is 2.20. The first kappa shape index (κ1) is 12.7. The minimum atomic E-state index is 0.275. The Kier molecular flexibility index (Phi) is 6.71. The van der Waals surface area contributed by atoms with Crippen molar-refractivity contribution in [2.45, 2.75) is 4.43 Å². The highest BCUT2D eigenvalue weighted by Gasteiger charge is 2.00. The highest BCUT2D eigenvalue weighted by atomic mass is 127. The zero-order valence-electron chi connectivity index (χ0n) is 8.74. The summed E-state index contributed by atoms with van der Waals surface area (Å²) in [5, 5.41) is 0. The van der Waals surface area contributed by atoms with Gasteiger partial charge in [0.15, 0.2) is 6.79 Å². The van der Waals surface area contributed by atoms with Gasteiger partial charge >= 0.3 is 0 Å². The number of alkyl halides is 1. The third kappa shape index (κ3) is 4.81. The Hall–Kier alpha value is -0.330. The number of ether oxygens (including phenoxy) is 3. The number of benzene rings is 1. The molecule has 0 saturated carbocycles. The third-order valence-corrected chi connectivity index (χ3v) is 2.67. The van der Waals surface area contributed by atoms with Crippen LogP contribution in [0, 0.1) is 0 Å². The number of para-hydroxylation sites is 1. The van der Waals surface area contributed by atoms with E-state index in [1.54, 1.807) is 7.11 Å². The van der Waals surface area contributed by atoms with E-state index >= 15 is 0 Å². The van der Waals surface area contributed by atoms with Crippen LogP contribution in [-0.2, 0) is 13.9 Å². The summed E-state index contributed by atoms with van der Waals surface area (Å²) in [7, 11) is 1.65. The van der Waals surface area contributed by atoms with E-state index in [-0.39, 0.29) is 6.79 Å². The molecular weight excluding hydrogens is 307 g/mol. The van der Waals surface area contributed by atoms with Gasteiger partial charge in [0.2, 0.25) is 0 Å². The maximum absolute atomic E-state index is 5.49. The topological polar surface area (TPSA) is 27.7 Å². The second kappa shape index (κ2) is 7.90. The fourth-order valence-electron chi connectivity index (χ4n) is 1.06. The Morgan fingerprint density at radius 1 is 1.20 bits per heavy atom. The predicted octanol–water partition coefficient (Wildman–Crippen LogP) is 2.62. The van der Waals surface area contributed by atoms with E-state index in [0.717, 1.165) is 10.2 Å². The van der Waals surface area contributed by atoms with Crippen molar-refractivity contribution in [3.63, 3.8) is 0 Å². The van der Waals surface area contributed by atoms with Gasteiger partial charge in [-0.2, -0.15) is 0 Å². The minimum absolute atomic E-state index is 0.275. The summed E-state index contributed by atoms with van der Waals surface area (Å²) < 4.78 is 16.5. The molecule has 0 amide bonds. The van der Waals surface area contributed by atoms with E-state index in [1.807, 2.05) is 18.2 Å². The third-order valence-electron chi connectivity index (χ3n) is 1.85. The van der Waals surface area contributed by atoms with Crippen LogP contribution < -0.4 is 4.74 Å². The van der Waals surface area contributed by atoms with Gasteiger partial charge < -0.3 is 14.2 Å². The molecule has 1 aromatic carbocycles. The van der Waals surface area contributed by atoms with Crippen molar-refractivity contribution in [2.75, 3.05) is 27.1 Å². The zero-order valence-corrected chi connectivity index (χ0v) is 10.9. The van der Waals surface area contributed by atoms with E-state index in [2.05, 4.69) is 28.7 Å². The summed E-state index contributed by atoms with van der Waals surface area (Å²) in [4.78, 5) is 0. The first-order valence-corrected chi connectivity index (χ1v) is 6.24. The Morgan fingerprint density at radius 3 is 2.73 bits per heavy atom. The lowest BCUT2D eigenvalue weighted by atomic mass is 10.2. The number of methoxy groups -OCH3 is 1. The van der Waals surface area contributed by atoms with Crippen LogP contribution in [0.4, 0.5) is 0 Å². The van der Waals surface area contributed by atoms with Crippen molar-refractivity contribution < 1.29 is 14.2 Å². The molecule has 0 atom stereocenters. The number of hydrogen-bond acceptors (Lipinski definition) is 3. The van der Waals surface area contributed by atoms with Crippen LogP contribution in [-0.4, -0.2) is 27.1 Å². The fraction of sp³-hybridized carbons (Fsp3) is 0.455. The van der Waals surface area contributed by atoms with Crippen LogP contribution in [0.2, 0.25) is 0 Å². The number of hydrogen-bond donors (Lipinski definition) is 0. The largest absolute Gasteiger partial charge is 0.467 e. The molecule has 0 aromatic heterocycles. The maximum Gasteiger partial charge on any atom is 0.189 e. The summed E-state index contributed by atoms with van der Waals surface area (Å²) in [6.07, 6.45) is 0. The van der Waals surface area contributed by atoms with Crippen molar-refractivity contribution in [3.05, 3.63) is 29.8 Å². The number of rotatable bonds is 7. The summed E-state index contributed by atoms with van der Waals surface area (Å²) in [6.45, 7) is 1.43. The maximum atomic E-state index is 5.49. The second-order valence-corrected chi connectivity index (χ2v) is 3.67. The van der Waals surface area contributed by atoms with Crippen molar-refractivity contribution in [1.29, 1.82) is 0 Å². The first-order valence-electron chi connectivity index (χ1n) is 4.72. The molecule has 0 heterocycles. The molecule has 0 bridgehead atoms. The molecule has 84 valence electrons. The van der Waals surface area contributed by atoms with Gasteiger partial charge in [-0.05, 0) is 6.07 Å². The Labute approximate surface area is 104 Å². The van der Waals surface area contributed by atoms with E-state index in [4.69, 9.17) is 14.2 Å². The molecule has 0 N–H and O–H groups in total. The monoisotopic (exact) mass is 322 g/mol. The average Bonchev–Trinajstić information content (AvgIpc) is 2.29. The normalized spacial score (nSPS) is 10.3. The van der Waals surface area contributed by atoms with Crippen LogP contribution in [0.1, 0.15) is 5.56 Å². The van der Waals surface area contributed by atoms with Crippen molar-refractivity contribution in [1.82, 2.24) is 0 Å². The molecule has 0 spiro atoms. The van der Waals surface area contributed by atoms with Gasteiger partial charge in [-0.25, -0.2) is 0 Å². The molecule has 0 aliphatic rings. The zero-order chi connectivity index (χ0) is 10.9. The van der Waals surface area contributed by atoms with Crippen LogP contribution in [0.15, 0.2) is 24.3 Å². The van der Waals surface area contributed by atoms with Gasteiger partial charge in [0, 0.05) is 17.1 Å². The first-order chi connectivity index (χ1) is 7.38. The Bertz CT molecular complexity index is 278. The molecule has 0 saturated heterocycles. The summed E-state index contributed by atoms with van der Waals surface area (Å²) in [5.74, 6) is 0.893. The van der Waals surface area contributed by atoms with E-state index < -0.39 is 0 Å². The lowest BCUT2D eigenvalue weighted by Gasteiger charge is -2.09. The molecule has 1 aromatic rings. The smallest absolute Gasteiger partial charge is 0.189 e. The fourth-order valence-corrected chi connectivity index (χ4v) is 1.69. The van der Waals surface area contributed by atoms with Crippen LogP contribution in [0.3, 0.4) is 0 Å². The van der Waals surface area contributed by atoms with Gasteiger partial charge in [-0.15, -0.1) is 0 Å². The standard InChI is InChI=1S/C11H15IO3/c1-13-6-7-14-9-15-11-5-3-2-4-10(11)8-12/h2-5H,6-9H2,1H3. The van der Waals surface area contributed by atoms with Crippen LogP contribution >= 0.6 is 22.6 Å².